The summed E-state index contributed by atoms with van der Waals surface area (Å²) in [5.41, 5.74) is 2.09. The van der Waals surface area contributed by atoms with Gasteiger partial charge in [0.2, 0.25) is 0 Å². The van der Waals surface area contributed by atoms with Gasteiger partial charge in [0, 0.05) is 11.4 Å². The van der Waals surface area contributed by atoms with Crippen LogP contribution in [-0.4, -0.2) is 37.4 Å². The van der Waals surface area contributed by atoms with E-state index in [1.165, 1.54) is 11.8 Å². The van der Waals surface area contributed by atoms with Crippen molar-refractivity contribution >= 4 is 32.6 Å². The van der Waals surface area contributed by atoms with Crippen LogP contribution in [0.5, 0.6) is 5.75 Å². The number of nitrogens with zero attached hydrogens (tertiary/aromatic N) is 2. The first-order valence-electron chi connectivity index (χ1n) is 6.72. The smallest absolute Gasteiger partial charge is 0.257 e. The number of amidine groups is 1. The van der Waals surface area contributed by atoms with Gasteiger partial charge in [-0.3, -0.25) is 0 Å². The van der Waals surface area contributed by atoms with Gasteiger partial charge in [0.05, 0.1) is 18.1 Å². The summed E-state index contributed by atoms with van der Waals surface area (Å²) in [6.07, 6.45) is 0. The molecule has 0 amide bonds. The topological polar surface area (TPSA) is 59.0 Å². The molecule has 2 heterocycles. The van der Waals surface area contributed by atoms with Crippen LogP contribution < -0.4 is 4.74 Å². The Balaban J connectivity index is 1.94. The molecule has 0 fully saturated rings. The van der Waals surface area contributed by atoms with E-state index >= 15 is 0 Å². The molecule has 1 aromatic carbocycles. The summed E-state index contributed by atoms with van der Waals surface area (Å²) in [4.78, 5) is 3.05. The van der Waals surface area contributed by atoms with Crippen LogP contribution in [0.4, 0.5) is 0 Å². The fourth-order valence-corrected chi connectivity index (χ4v) is 4.63. The molecule has 0 spiro atoms. The van der Waals surface area contributed by atoms with E-state index in [0.29, 0.717) is 18.3 Å². The lowest BCUT2D eigenvalue weighted by Gasteiger charge is -2.25. The lowest BCUT2D eigenvalue weighted by molar-refractivity contribution is 0.340. The quantitative estimate of drug-likeness (QED) is 0.855. The van der Waals surface area contributed by atoms with E-state index in [2.05, 4.69) is 4.40 Å². The van der Waals surface area contributed by atoms with Gasteiger partial charge in [-0.05, 0) is 43.7 Å². The van der Waals surface area contributed by atoms with Gasteiger partial charge in [0.1, 0.15) is 5.75 Å². The maximum absolute atomic E-state index is 11.6. The predicted molar refractivity (Wildman–Crippen MR) is 85.7 cm³/mol. The molecule has 0 N–H and O–H groups in total. The molecular formula is C14H16N2O3S2. The van der Waals surface area contributed by atoms with Crippen molar-refractivity contribution < 1.29 is 13.2 Å². The lowest BCUT2D eigenvalue weighted by atomic mass is 10.1. The highest BCUT2D eigenvalue weighted by molar-refractivity contribution is 8.18. The first-order chi connectivity index (χ1) is 10.00. The minimum Gasteiger partial charge on any atom is -0.494 e. The van der Waals surface area contributed by atoms with Gasteiger partial charge in [-0.1, -0.05) is 11.8 Å². The minimum atomic E-state index is -3.30. The van der Waals surface area contributed by atoms with Gasteiger partial charge in [-0.15, -0.1) is 4.40 Å². The molecule has 0 aliphatic carbocycles. The van der Waals surface area contributed by atoms with Crippen LogP contribution in [0.2, 0.25) is 0 Å². The number of fused-ring (bicyclic) bond motifs is 1. The van der Waals surface area contributed by atoms with E-state index in [0.717, 1.165) is 21.9 Å². The third-order valence-corrected chi connectivity index (χ3v) is 5.57. The van der Waals surface area contributed by atoms with Crippen molar-refractivity contribution in [3.05, 3.63) is 34.7 Å². The average Bonchev–Trinajstić information content (AvgIpc) is 2.74. The minimum absolute atomic E-state index is 0.0604. The highest BCUT2D eigenvalue weighted by Gasteiger charge is 2.34. The van der Waals surface area contributed by atoms with Gasteiger partial charge in [-0.25, -0.2) is 8.42 Å². The van der Waals surface area contributed by atoms with Crippen molar-refractivity contribution in [1.82, 2.24) is 4.90 Å². The Bertz CT molecular complexity index is 721. The van der Waals surface area contributed by atoms with Crippen molar-refractivity contribution in [3.63, 3.8) is 0 Å². The molecule has 2 aliphatic rings. The molecule has 5 nitrogen and oxygen atoms in total. The molecule has 0 aromatic heterocycles. The maximum atomic E-state index is 11.6. The van der Waals surface area contributed by atoms with E-state index in [-0.39, 0.29) is 5.75 Å². The number of hydrogen-bond donors (Lipinski definition) is 0. The Morgan fingerprint density at radius 1 is 1.33 bits per heavy atom. The van der Waals surface area contributed by atoms with Crippen LogP contribution in [0.25, 0.3) is 5.70 Å². The zero-order valence-electron chi connectivity index (χ0n) is 11.9. The summed E-state index contributed by atoms with van der Waals surface area (Å²) >= 11 is 1.41. The molecular weight excluding hydrogens is 308 g/mol. The summed E-state index contributed by atoms with van der Waals surface area (Å²) in [5.74, 6) is 0.894. The molecule has 1 aromatic rings. The molecule has 0 saturated carbocycles. The average molecular weight is 324 g/mol. The van der Waals surface area contributed by atoms with Crippen molar-refractivity contribution in [1.29, 1.82) is 0 Å². The Morgan fingerprint density at radius 2 is 2.05 bits per heavy atom. The van der Waals surface area contributed by atoms with E-state index in [4.69, 9.17) is 4.74 Å². The number of thioether (sulfide) groups is 1. The van der Waals surface area contributed by atoms with E-state index in [1.807, 2.05) is 43.0 Å². The van der Waals surface area contributed by atoms with Crippen molar-refractivity contribution in [2.24, 2.45) is 4.40 Å². The number of rotatable bonds is 3. The highest BCUT2D eigenvalue weighted by atomic mass is 32.2. The second-order valence-corrected chi connectivity index (χ2v) is 7.71. The van der Waals surface area contributed by atoms with Crippen LogP contribution in [0.1, 0.15) is 19.4 Å². The van der Waals surface area contributed by atoms with Gasteiger partial charge in [-0.2, -0.15) is 0 Å². The van der Waals surface area contributed by atoms with Crippen LogP contribution in [0.3, 0.4) is 0 Å². The second-order valence-electron chi connectivity index (χ2n) is 4.78. The van der Waals surface area contributed by atoms with Gasteiger partial charge in [0.15, 0.2) is 5.17 Å². The first kappa shape index (κ1) is 14.5. The zero-order valence-corrected chi connectivity index (χ0v) is 13.5. The summed E-state index contributed by atoms with van der Waals surface area (Å²) in [6.45, 7) is 5.03. The fraction of sp³-hybridized carbons (Fsp3) is 0.357. The molecule has 0 bridgehead atoms. The molecule has 3 rings (SSSR count). The van der Waals surface area contributed by atoms with Crippen LogP contribution in [0.15, 0.2) is 33.6 Å². The van der Waals surface area contributed by atoms with Crippen LogP contribution >= 0.6 is 11.8 Å². The summed E-state index contributed by atoms with van der Waals surface area (Å²) < 4.78 is 32.5. The lowest BCUT2D eigenvalue weighted by Crippen LogP contribution is -2.34. The molecule has 21 heavy (non-hydrogen) atoms. The number of sulfonamides is 1. The number of ether oxygens (including phenoxy) is 1. The summed E-state index contributed by atoms with van der Waals surface area (Å²) in [6, 6.07) is 7.85. The van der Waals surface area contributed by atoms with Crippen molar-refractivity contribution in [2.75, 3.05) is 18.9 Å². The van der Waals surface area contributed by atoms with Gasteiger partial charge >= 0.3 is 0 Å². The Labute approximate surface area is 128 Å². The summed E-state index contributed by atoms with van der Waals surface area (Å²) in [5, 5.41) is 0.558. The van der Waals surface area contributed by atoms with Gasteiger partial charge in [0.25, 0.3) is 10.0 Å². The summed E-state index contributed by atoms with van der Waals surface area (Å²) in [7, 11) is -3.30. The Hall–Kier alpha value is -1.47. The largest absolute Gasteiger partial charge is 0.494 e. The molecule has 112 valence electrons. The van der Waals surface area contributed by atoms with Gasteiger partial charge < -0.3 is 9.64 Å². The molecule has 0 atom stereocenters. The van der Waals surface area contributed by atoms with E-state index in [9.17, 15) is 8.42 Å². The number of hydrogen-bond acceptors (Lipinski definition) is 5. The monoisotopic (exact) mass is 324 g/mol. The zero-order chi connectivity index (χ0) is 15.0. The van der Waals surface area contributed by atoms with E-state index < -0.39 is 10.0 Å². The molecule has 0 radical (unpaired) electrons. The normalized spacial score (nSPS) is 20.3. The third kappa shape index (κ3) is 2.80. The first-order valence-corrected chi connectivity index (χ1v) is 9.15. The van der Waals surface area contributed by atoms with E-state index in [1.54, 1.807) is 0 Å². The van der Waals surface area contributed by atoms with Crippen molar-refractivity contribution in [2.45, 2.75) is 13.8 Å². The highest BCUT2D eigenvalue weighted by Crippen LogP contribution is 2.41. The van der Waals surface area contributed by atoms with Crippen LogP contribution in [-0.2, 0) is 10.0 Å². The molecule has 0 unspecified atom stereocenters. The molecule has 7 heteroatoms. The molecule has 0 saturated heterocycles. The SMILES string of the molecule is CCOc1ccc(C2=C(C)SC3=NS(=O)(=O)CCN32)cc1. The van der Waals surface area contributed by atoms with Crippen molar-refractivity contribution in [3.8, 4) is 5.75 Å². The number of allylic oxidation sites excluding steroid dienone is 1. The standard InChI is InChI=1S/C14H16N2O3S2/c1-3-19-12-6-4-11(5-7-12)13-10(2)20-14-15-21(17,18)9-8-16(13)14/h4-7H,3,8-9H2,1-2H3. The molecule has 2 aliphatic heterocycles. The number of benzene rings is 1. The van der Waals surface area contributed by atoms with Crippen LogP contribution in [0, 0.1) is 0 Å². The second kappa shape index (κ2) is 5.38. The predicted octanol–water partition coefficient (Wildman–Crippen LogP) is 2.52. The maximum Gasteiger partial charge on any atom is 0.257 e. The Kier molecular flexibility index (Phi) is 3.71. The fourth-order valence-electron chi connectivity index (χ4n) is 2.41. The third-order valence-electron chi connectivity index (χ3n) is 3.31. The Morgan fingerprint density at radius 3 is 2.71 bits per heavy atom.